The Bertz CT molecular complexity index is 769. The highest BCUT2D eigenvalue weighted by molar-refractivity contribution is 7.47. The number of nitrogens with two attached hydrogens (primary N) is 1. The Kier molecular flexibility index (Phi) is 35.1. The Morgan fingerprint density at radius 3 is 1.27 bits per heavy atom. The van der Waals surface area contributed by atoms with Crippen LogP contribution < -0.4 is 5.73 Å². The first kappa shape index (κ1) is 47.0. The third kappa shape index (κ3) is 34.9. The fraction of sp³-hybridized carbons (Fsp3) is 0.947. The first-order valence-corrected chi connectivity index (χ1v) is 21.5. The molecule has 0 amide bonds. The minimum Gasteiger partial charge on any atom is -0.462 e. The molecule has 10 heteroatoms. The maximum atomic E-state index is 12.5. The Morgan fingerprint density at radius 2 is 0.896 bits per heavy atom. The zero-order chi connectivity index (χ0) is 35.4. The van der Waals surface area contributed by atoms with E-state index in [-0.39, 0.29) is 38.6 Å². The summed E-state index contributed by atoms with van der Waals surface area (Å²) in [5, 5.41) is 0. The molecule has 0 fully saturated rings. The summed E-state index contributed by atoms with van der Waals surface area (Å²) in [4.78, 5) is 34.7. The molecule has 0 aromatic heterocycles. The van der Waals surface area contributed by atoms with Gasteiger partial charge < -0.3 is 20.1 Å². The lowest BCUT2D eigenvalue weighted by atomic mass is 10.0. The van der Waals surface area contributed by atoms with E-state index in [4.69, 9.17) is 24.3 Å². The van der Waals surface area contributed by atoms with Gasteiger partial charge >= 0.3 is 19.8 Å². The number of hydrogen-bond acceptors (Lipinski definition) is 8. The average Bonchev–Trinajstić information content (AvgIpc) is 3.07. The number of unbranched alkanes of at least 4 members (excludes halogenated alkanes) is 25. The first-order chi connectivity index (χ1) is 23.3. The van der Waals surface area contributed by atoms with Crippen molar-refractivity contribution in [1.29, 1.82) is 0 Å². The summed E-state index contributed by atoms with van der Waals surface area (Å²) in [6.07, 6.45) is 32.7. The molecule has 286 valence electrons. The normalized spacial score (nSPS) is 13.3. The van der Waals surface area contributed by atoms with Crippen molar-refractivity contribution in [3.63, 3.8) is 0 Å². The van der Waals surface area contributed by atoms with Gasteiger partial charge in [-0.2, -0.15) is 0 Å². The SMILES string of the molecule is CCCCCCCCCCCCCCCCCC(=O)O[C@H](COC(=O)CCCCCCCCCCCCCC)COP(=O)(O)OCCN. The smallest absolute Gasteiger partial charge is 0.462 e. The van der Waals surface area contributed by atoms with Crippen molar-refractivity contribution in [3.8, 4) is 0 Å². The Labute approximate surface area is 295 Å². The lowest BCUT2D eigenvalue weighted by molar-refractivity contribution is -0.161. The van der Waals surface area contributed by atoms with Crippen LogP contribution >= 0.6 is 7.82 Å². The van der Waals surface area contributed by atoms with Crippen molar-refractivity contribution in [2.75, 3.05) is 26.4 Å². The van der Waals surface area contributed by atoms with Crippen LogP contribution in [0.5, 0.6) is 0 Å². The fourth-order valence-electron chi connectivity index (χ4n) is 5.75. The minimum absolute atomic E-state index is 0.0579. The topological polar surface area (TPSA) is 134 Å². The number of hydrogen-bond donors (Lipinski definition) is 2. The van der Waals surface area contributed by atoms with E-state index >= 15 is 0 Å². The van der Waals surface area contributed by atoms with Gasteiger partial charge in [0.1, 0.15) is 6.61 Å². The zero-order valence-electron chi connectivity index (χ0n) is 31.2. The molecular formula is C38H76NO8P. The number of phosphoric acid groups is 1. The lowest BCUT2D eigenvalue weighted by Crippen LogP contribution is -2.29. The summed E-state index contributed by atoms with van der Waals surface area (Å²) in [7, 11) is -4.36. The van der Waals surface area contributed by atoms with Gasteiger partial charge in [-0.3, -0.25) is 18.6 Å². The van der Waals surface area contributed by atoms with Crippen LogP contribution in [-0.2, 0) is 32.7 Å². The lowest BCUT2D eigenvalue weighted by Gasteiger charge is -2.19. The molecule has 1 unspecified atom stereocenters. The zero-order valence-corrected chi connectivity index (χ0v) is 32.1. The molecule has 2 atom stereocenters. The molecule has 0 aliphatic heterocycles. The van der Waals surface area contributed by atoms with Crippen LogP contribution in [-0.4, -0.2) is 49.3 Å². The summed E-state index contributed by atoms with van der Waals surface area (Å²) in [5.41, 5.74) is 5.33. The summed E-state index contributed by atoms with van der Waals surface area (Å²) >= 11 is 0. The molecule has 0 aliphatic rings. The molecule has 9 nitrogen and oxygen atoms in total. The van der Waals surface area contributed by atoms with Crippen molar-refractivity contribution in [2.24, 2.45) is 5.73 Å². The second kappa shape index (κ2) is 35.8. The molecule has 0 rings (SSSR count). The van der Waals surface area contributed by atoms with E-state index in [9.17, 15) is 19.0 Å². The van der Waals surface area contributed by atoms with E-state index in [1.165, 1.54) is 135 Å². The Morgan fingerprint density at radius 1 is 0.542 bits per heavy atom. The highest BCUT2D eigenvalue weighted by atomic mass is 31.2. The van der Waals surface area contributed by atoms with Crippen molar-refractivity contribution in [3.05, 3.63) is 0 Å². The third-order valence-corrected chi connectivity index (χ3v) is 9.73. The van der Waals surface area contributed by atoms with E-state index in [0.717, 1.165) is 32.1 Å². The van der Waals surface area contributed by atoms with Crippen LogP contribution in [0.2, 0.25) is 0 Å². The number of ether oxygens (including phenoxy) is 2. The highest BCUT2D eigenvalue weighted by Crippen LogP contribution is 2.43. The predicted octanol–water partition coefficient (Wildman–Crippen LogP) is 10.9. The van der Waals surface area contributed by atoms with Gasteiger partial charge in [0, 0.05) is 19.4 Å². The number of rotatable bonds is 38. The van der Waals surface area contributed by atoms with Gasteiger partial charge in [0.05, 0.1) is 13.2 Å². The highest BCUT2D eigenvalue weighted by Gasteiger charge is 2.26. The van der Waals surface area contributed by atoms with Gasteiger partial charge in [-0.15, -0.1) is 0 Å². The Hall–Kier alpha value is -0.990. The molecule has 48 heavy (non-hydrogen) atoms. The van der Waals surface area contributed by atoms with E-state index in [0.29, 0.717) is 6.42 Å². The molecule has 0 heterocycles. The quantitative estimate of drug-likeness (QED) is 0.0365. The molecule has 0 saturated heterocycles. The van der Waals surface area contributed by atoms with Gasteiger partial charge in [-0.25, -0.2) is 4.57 Å². The molecule has 3 N–H and O–H groups in total. The number of carbonyl (C=O) groups excluding carboxylic acids is 2. The molecule has 0 bridgehead atoms. The van der Waals surface area contributed by atoms with Crippen molar-refractivity contribution < 1.29 is 37.6 Å². The molecule has 0 radical (unpaired) electrons. The largest absolute Gasteiger partial charge is 0.472 e. The third-order valence-electron chi connectivity index (χ3n) is 8.74. The van der Waals surface area contributed by atoms with Crippen LogP contribution in [0.1, 0.15) is 200 Å². The second-order valence-corrected chi connectivity index (χ2v) is 15.0. The summed E-state index contributed by atoms with van der Waals surface area (Å²) < 4.78 is 32.7. The van der Waals surface area contributed by atoms with Crippen molar-refractivity contribution in [2.45, 2.75) is 206 Å². The van der Waals surface area contributed by atoms with Crippen LogP contribution in [0.3, 0.4) is 0 Å². The first-order valence-electron chi connectivity index (χ1n) is 20.0. The average molecular weight is 706 g/mol. The monoisotopic (exact) mass is 706 g/mol. The molecule has 0 aliphatic carbocycles. The van der Waals surface area contributed by atoms with Gasteiger partial charge in [-0.05, 0) is 12.8 Å². The Balaban J connectivity index is 4.16. The van der Waals surface area contributed by atoms with Crippen molar-refractivity contribution in [1.82, 2.24) is 0 Å². The molecule has 0 aromatic carbocycles. The maximum Gasteiger partial charge on any atom is 0.472 e. The van der Waals surface area contributed by atoms with Gasteiger partial charge in [-0.1, -0.05) is 174 Å². The van der Waals surface area contributed by atoms with E-state index in [2.05, 4.69) is 13.8 Å². The van der Waals surface area contributed by atoms with Crippen LogP contribution in [0.25, 0.3) is 0 Å². The van der Waals surface area contributed by atoms with Gasteiger partial charge in [0.15, 0.2) is 6.10 Å². The van der Waals surface area contributed by atoms with Crippen LogP contribution in [0.4, 0.5) is 0 Å². The van der Waals surface area contributed by atoms with Crippen molar-refractivity contribution >= 4 is 19.8 Å². The summed E-state index contributed by atoms with van der Waals surface area (Å²) in [5.74, 6) is -0.817. The number of phosphoric ester groups is 1. The maximum absolute atomic E-state index is 12.5. The van der Waals surface area contributed by atoms with E-state index in [1.54, 1.807) is 0 Å². The minimum atomic E-state index is -4.36. The van der Waals surface area contributed by atoms with E-state index < -0.39 is 26.5 Å². The molecule has 0 aromatic rings. The summed E-state index contributed by atoms with van der Waals surface area (Å²) in [6, 6.07) is 0. The second-order valence-electron chi connectivity index (χ2n) is 13.5. The van der Waals surface area contributed by atoms with Crippen LogP contribution in [0.15, 0.2) is 0 Å². The van der Waals surface area contributed by atoms with Gasteiger partial charge in [0.2, 0.25) is 0 Å². The molecular weight excluding hydrogens is 629 g/mol. The predicted molar refractivity (Wildman–Crippen MR) is 197 cm³/mol. The number of carbonyl (C=O) groups is 2. The fourth-order valence-corrected chi connectivity index (χ4v) is 6.52. The summed E-state index contributed by atoms with van der Waals surface area (Å²) in [6.45, 7) is 3.75. The van der Waals surface area contributed by atoms with Gasteiger partial charge in [0.25, 0.3) is 0 Å². The van der Waals surface area contributed by atoms with E-state index in [1.807, 2.05) is 0 Å². The van der Waals surface area contributed by atoms with Crippen LogP contribution in [0, 0.1) is 0 Å². The standard InChI is InChI=1S/C38H76NO8P/c1-3-5-7-9-11-13-15-17-18-19-21-23-25-27-29-31-38(41)47-36(35-46-48(42,43)45-33-32-39)34-44-37(40)30-28-26-24-22-20-16-14-12-10-8-6-4-2/h36H,3-35,39H2,1-2H3,(H,42,43)/t36-/m1/s1. The molecule has 0 saturated carbocycles. The number of esters is 2. The molecule has 0 spiro atoms.